The van der Waals surface area contributed by atoms with E-state index < -0.39 is 0 Å². The summed E-state index contributed by atoms with van der Waals surface area (Å²) < 4.78 is 0. The molecule has 0 unspecified atom stereocenters. The summed E-state index contributed by atoms with van der Waals surface area (Å²) in [6.07, 6.45) is 0. The van der Waals surface area contributed by atoms with E-state index in [1.807, 2.05) is 37.0 Å². The van der Waals surface area contributed by atoms with Gasteiger partial charge in [-0.15, -0.1) is 11.8 Å². The van der Waals surface area contributed by atoms with Crippen LogP contribution in [0.4, 0.5) is 0 Å². The summed E-state index contributed by atoms with van der Waals surface area (Å²) in [5.74, 6) is 0.908. The van der Waals surface area contributed by atoms with E-state index in [1.165, 1.54) is 16.0 Å². The summed E-state index contributed by atoms with van der Waals surface area (Å²) in [5, 5.41) is 3.99. The van der Waals surface area contributed by atoms with E-state index in [0.717, 1.165) is 17.3 Å². The molecule has 0 saturated heterocycles. The molecular weight excluding hydrogens is 262 g/mol. The third kappa shape index (κ3) is 3.77. The quantitative estimate of drug-likeness (QED) is 0.816. The van der Waals surface area contributed by atoms with Crippen molar-refractivity contribution in [1.29, 1.82) is 0 Å². The second-order valence-electron chi connectivity index (χ2n) is 4.05. The van der Waals surface area contributed by atoms with Crippen molar-refractivity contribution in [3.05, 3.63) is 64.7 Å². The highest BCUT2D eigenvalue weighted by atomic mass is 35.5. The van der Waals surface area contributed by atoms with Crippen LogP contribution in [0.25, 0.3) is 0 Å². The first-order valence-corrected chi connectivity index (χ1v) is 7.25. The Balaban J connectivity index is 1.96. The average Bonchev–Trinajstić information content (AvgIpc) is 2.40. The summed E-state index contributed by atoms with van der Waals surface area (Å²) in [7, 11) is 1.96. The minimum atomic E-state index is 0.844. The van der Waals surface area contributed by atoms with Gasteiger partial charge in [0.15, 0.2) is 0 Å². The number of benzene rings is 2. The molecule has 1 nitrogen and oxygen atoms in total. The number of nitrogens with one attached hydrogen (secondary N) is 1. The topological polar surface area (TPSA) is 12.0 Å². The SMILES string of the molecule is CNCc1ccc(SCc2ccccc2Cl)cc1. The predicted molar refractivity (Wildman–Crippen MR) is 80.2 cm³/mol. The Morgan fingerprint density at radius 2 is 1.78 bits per heavy atom. The van der Waals surface area contributed by atoms with Crippen LogP contribution in [0.1, 0.15) is 11.1 Å². The maximum atomic E-state index is 6.14. The molecule has 0 spiro atoms. The monoisotopic (exact) mass is 277 g/mol. The van der Waals surface area contributed by atoms with Gasteiger partial charge in [0, 0.05) is 22.2 Å². The molecule has 0 atom stereocenters. The number of halogens is 1. The third-order valence-corrected chi connectivity index (χ3v) is 4.09. The first kappa shape index (κ1) is 13.5. The van der Waals surface area contributed by atoms with Crippen molar-refractivity contribution in [3.63, 3.8) is 0 Å². The van der Waals surface area contributed by atoms with E-state index in [0.29, 0.717) is 0 Å². The van der Waals surface area contributed by atoms with Gasteiger partial charge in [-0.3, -0.25) is 0 Å². The molecule has 0 aliphatic rings. The second-order valence-corrected chi connectivity index (χ2v) is 5.51. The summed E-state index contributed by atoms with van der Waals surface area (Å²) >= 11 is 7.94. The van der Waals surface area contributed by atoms with Crippen LogP contribution in [-0.4, -0.2) is 7.05 Å². The smallest absolute Gasteiger partial charge is 0.0446 e. The summed E-state index contributed by atoms with van der Waals surface area (Å²) in [6.45, 7) is 0.912. The van der Waals surface area contributed by atoms with Crippen LogP contribution in [0, 0.1) is 0 Å². The zero-order valence-electron chi connectivity index (χ0n) is 10.3. The molecule has 0 aliphatic heterocycles. The van der Waals surface area contributed by atoms with E-state index in [9.17, 15) is 0 Å². The molecule has 2 rings (SSSR count). The van der Waals surface area contributed by atoms with Gasteiger partial charge in [0.2, 0.25) is 0 Å². The molecule has 0 amide bonds. The molecule has 3 heteroatoms. The lowest BCUT2D eigenvalue weighted by Crippen LogP contribution is -2.04. The van der Waals surface area contributed by atoms with Gasteiger partial charge in [-0.2, -0.15) is 0 Å². The van der Waals surface area contributed by atoms with E-state index in [1.54, 1.807) is 0 Å². The minimum Gasteiger partial charge on any atom is -0.316 e. The first-order valence-electron chi connectivity index (χ1n) is 5.89. The lowest BCUT2D eigenvalue weighted by molar-refractivity contribution is 0.817. The van der Waals surface area contributed by atoms with Gasteiger partial charge >= 0.3 is 0 Å². The molecule has 0 saturated carbocycles. The van der Waals surface area contributed by atoms with Crippen molar-refractivity contribution < 1.29 is 0 Å². The Morgan fingerprint density at radius 1 is 1.06 bits per heavy atom. The maximum absolute atomic E-state index is 6.14. The summed E-state index contributed by atoms with van der Waals surface area (Å²) in [4.78, 5) is 1.27. The molecule has 2 aromatic carbocycles. The highest BCUT2D eigenvalue weighted by Crippen LogP contribution is 2.26. The molecule has 0 bridgehead atoms. The van der Waals surface area contributed by atoms with Crippen molar-refractivity contribution >= 4 is 23.4 Å². The van der Waals surface area contributed by atoms with Gasteiger partial charge in [-0.1, -0.05) is 41.9 Å². The molecule has 94 valence electrons. The van der Waals surface area contributed by atoms with Crippen LogP contribution in [-0.2, 0) is 12.3 Å². The molecule has 0 aromatic heterocycles. The Labute approximate surface area is 118 Å². The zero-order valence-corrected chi connectivity index (χ0v) is 11.9. The highest BCUT2D eigenvalue weighted by Gasteiger charge is 2.00. The number of thioether (sulfide) groups is 1. The molecule has 18 heavy (non-hydrogen) atoms. The Bertz CT molecular complexity index is 496. The van der Waals surface area contributed by atoms with Crippen LogP contribution in [0.3, 0.4) is 0 Å². The van der Waals surface area contributed by atoms with Gasteiger partial charge in [-0.05, 0) is 36.4 Å². The molecule has 2 aromatic rings. The lowest BCUT2D eigenvalue weighted by atomic mass is 10.2. The number of hydrogen-bond donors (Lipinski definition) is 1. The van der Waals surface area contributed by atoms with Crippen LogP contribution in [0.5, 0.6) is 0 Å². The largest absolute Gasteiger partial charge is 0.316 e. The molecular formula is C15H16ClNS. The van der Waals surface area contributed by atoms with Crippen LogP contribution >= 0.6 is 23.4 Å². The molecule has 0 aliphatic carbocycles. The first-order chi connectivity index (χ1) is 8.79. The molecule has 0 radical (unpaired) electrons. The van der Waals surface area contributed by atoms with E-state index in [2.05, 4.69) is 35.6 Å². The van der Waals surface area contributed by atoms with Gasteiger partial charge < -0.3 is 5.32 Å². The van der Waals surface area contributed by atoms with Crippen LogP contribution in [0.15, 0.2) is 53.4 Å². The Hall–Kier alpha value is -0.960. The van der Waals surface area contributed by atoms with Gasteiger partial charge in [0.05, 0.1) is 0 Å². The van der Waals surface area contributed by atoms with Gasteiger partial charge in [0.25, 0.3) is 0 Å². The van der Waals surface area contributed by atoms with Crippen LogP contribution in [0.2, 0.25) is 5.02 Å². The van der Waals surface area contributed by atoms with Crippen molar-refractivity contribution in [1.82, 2.24) is 5.32 Å². The normalized spacial score (nSPS) is 10.6. The highest BCUT2D eigenvalue weighted by molar-refractivity contribution is 7.98. The van der Waals surface area contributed by atoms with E-state index >= 15 is 0 Å². The molecule has 0 heterocycles. The number of hydrogen-bond acceptors (Lipinski definition) is 2. The standard InChI is InChI=1S/C15H16ClNS/c1-17-10-12-6-8-14(9-7-12)18-11-13-4-2-3-5-15(13)16/h2-9,17H,10-11H2,1H3. The fraction of sp³-hybridized carbons (Fsp3) is 0.200. The van der Waals surface area contributed by atoms with E-state index in [-0.39, 0.29) is 0 Å². The van der Waals surface area contributed by atoms with Crippen molar-refractivity contribution in [2.45, 2.75) is 17.2 Å². The Kier molecular flexibility index (Phi) is 5.12. The second kappa shape index (κ2) is 6.83. The fourth-order valence-corrected chi connectivity index (χ4v) is 2.87. The summed E-state index contributed by atoms with van der Waals surface area (Å²) in [5.41, 5.74) is 2.49. The number of rotatable bonds is 5. The fourth-order valence-electron chi connectivity index (χ4n) is 1.68. The maximum Gasteiger partial charge on any atom is 0.0446 e. The van der Waals surface area contributed by atoms with Crippen LogP contribution < -0.4 is 5.32 Å². The molecule has 0 fully saturated rings. The summed E-state index contributed by atoms with van der Waals surface area (Å²) in [6, 6.07) is 16.6. The third-order valence-electron chi connectivity index (χ3n) is 2.66. The van der Waals surface area contributed by atoms with Gasteiger partial charge in [0.1, 0.15) is 0 Å². The van der Waals surface area contributed by atoms with Crippen molar-refractivity contribution in [3.8, 4) is 0 Å². The minimum absolute atomic E-state index is 0.844. The molecule has 1 N–H and O–H groups in total. The van der Waals surface area contributed by atoms with Crippen molar-refractivity contribution in [2.24, 2.45) is 0 Å². The van der Waals surface area contributed by atoms with E-state index in [4.69, 9.17) is 11.6 Å². The van der Waals surface area contributed by atoms with Gasteiger partial charge in [-0.25, -0.2) is 0 Å². The Morgan fingerprint density at radius 3 is 2.44 bits per heavy atom. The zero-order chi connectivity index (χ0) is 12.8. The van der Waals surface area contributed by atoms with Crippen molar-refractivity contribution in [2.75, 3.05) is 7.05 Å². The lowest BCUT2D eigenvalue weighted by Gasteiger charge is -2.05. The predicted octanol–water partition coefficient (Wildman–Crippen LogP) is 4.35. The average molecular weight is 278 g/mol.